The maximum atomic E-state index is 13.5. The van der Waals surface area contributed by atoms with Gasteiger partial charge < -0.3 is 19.5 Å². The number of carboxylic acids is 1. The van der Waals surface area contributed by atoms with E-state index in [2.05, 4.69) is 9.80 Å². The van der Waals surface area contributed by atoms with E-state index >= 15 is 0 Å². The number of nitrogens with zero attached hydrogens (tertiary/aromatic N) is 2. The van der Waals surface area contributed by atoms with Gasteiger partial charge in [-0.1, -0.05) is 42.5 Å². The van der Waals surface area contributed by atoms with Crippen LogP contribution >= 0.6 is 11.8 Å². The Kier molecular flexibility index (Phi) is 14.1. The Morgan fingerprint density at radius 1 is 0.850 bits per heavy atom. The second-order valence-corrected chi connectivity index (χ2v) is 11.0. The van der Waals surface area contributed by atoms with Crippen LogP contribution in [0, 0.1) is 11.6 Å². The Morgan fingerprint density at radius 3 is 1.95 bits per heavy atom. The number of thioether (sulfide) groups is 1. The molecule has 1 aliphatic rings. The van der Waals surface area contributed by atoms with Crippen LogP contribution in [0.5, 0.6) is 0 Å². The smallest absolute Gasteiger partial charge is 0.548 e. The summed E-state index contributed by atoms with van der Waals surface area (Å²) >= 11 is 1.66. The molecule has 0 saturated carbocycles. The van der Waals surface area contributed by atoms with Crippen molar-refractivity contribution >= 4 is 17.7 Å². The quantitative estimate of drug-likeness (QED) is 0.214. The molecule has 5 nitrogen and oxygen atoms in total. The first-order chi connectivity index (χ1) is 19.0. The molecule has 4 rings (SSSR count). The Morgan fingerprint density at radius 2 is 1.40 bits per heavy atom. The van der Waals surface area contributed by atoms with Gasteiger partial charge in [0.25, 0.3) is 0 Å². The van der Waals surface area contributed by atoms with Crippen LogP contribution in [0.25, 0.3) is 0 Å². The molecule has 0 amide bonds. The van der Waals surface area contributed by atoms with Gasteiger partial charge in [0, 0.05) is 49.3 Å². The molecular weight excluding hydrogens is 541 g/mol. The van der Waals surface area contributed by atoms with E-state index in [1.807, 2.05) is 54.6 Å². The molecule has 0 bridgehead atoms. The molecule has 0 spiro atoms. The first-order valence-electron chi connectivity index (χ1n) is 13.4. The van der Waals surface area contributed by atoms with Gasteiger partial charge in [-0.15, -0.1) is 11.8 Å². The minimum atomic E-state index is -1.20. The fraction of sp³-hybridized carbons (Fsp3) is 0.387. The van der Waals surface area contributed by atoms with Crippen molar-refractivity contribution in [1.82, 2.24) is 9.80 Å². The summed E-state index contributed by atoms with van der Waals surface area (Å²) in [6.45, 7) is 4.86. The third-order valence-electron chi connectivity index (χ3n) is 7.05. The molecule has 0 N–H and O–H groups in total. The average Bonchev–Trinajstić information content (AvgIpc) is 2.95. The number of hydrogen-bond donors (Lipinski definition) is 0. The van der Waals surface area contributed by atoms with E-state index in [0.717, 1.165) is 61.6 Å². The molecular formula is C31H35F2N2NaO3S. The fourth-order valence-electron chi connectivity index (χ4n) is 4.96. The number of benzene rings is 3. The van der Waals surface area contributed by atoms with Gasteiger partial charge in [0.2, 0.25) is 0 Å². The molecule has 1 aliphatic heterocycles. The first-order valence-corrected chi connectivity index (χ1v) is 14.4. The Bertz CT molecular complexity index is 1100. The molecule has 3 aromatic rings. The molecule has 1 fully saturated rings. The van der Waals surface area contributed by atoms with E-state index in [9.17, 15) is 18.7 Å². The fourth-order valence-corrected chi connectivity index (χ4v) is 5.89. The van der Waals surface area contributed by atoms with Crippen LogP contribution in [0.3, 0.4) is 0 Å². The van der Waals surface area contributed by atoms with Gasteiger partial charge in [-0.2, -0.15) is 0 Å². The summed E-state index contributed by atoms with van der Waals surface area (Å²) in [5.41, 5.74) is 2.06. The van der Waals surface area contributed by atoms with Crippen LogP contribution in [-0.2, 0) is 9.53 Å². The van der Waals surface area contributed by atoms with Crippen LogP contribution in [0.15, 0.2) is 83.8 Å². The van der Waals surface area contributed by atoms with E-state index in [1.54, 1.807) is 11.8 Å². The van der Waals surface area contributed by atoms with Gasteiger partial charge in [0.05, 0.1) is 18.7 Å². The Hall–Kier alpha value is -1.78. The second kappa shape index (κ2) is 17.2. The number of halogens is 2. The summed E-state index contributed by atoms with van der Waals surface area (Å²) in [4.78, 5) is 16.9. The molecule has 1 heterocycles. The van der Waals surface area contributed by atoms with Crippen LogP contribution in [0.2, 0.25) is 0 Å². The van der Waals surface area contributed by atoms with Gasteiger partial charge in [0.1, 0.15) is 11.6 Å². The van der Waals surface area contributed by atoms with Crippen LogP contribution in [-0.4, -0.2) is 73.5 Å². The van der Waals surface area contributed by atoms with Crippen molar-refractivity contribution in [2.45, 2.75) is 29.8 Å². The van der Waals surface area contributed by atoms with E-state index in [0.29, 0.717) is 12.3 Å². The summed E-state index contributed by atoms with van der Waals surface area (Å²) in [6, 6.07) is 23.2. The van der Waals surface area contributed by atoms with Crippen LogP contribution in [0.1, 0.15) is 29.9 Å². The average molecular weight is 577 g/mol. The van der Waals surface area contributed by atoms with Crippen molar-refractivity contribution < 1.29 is 53.0 Å². The first kappa shape index (κ1) is 32.7. The minimum absolute atomic E-state index is 0. The maximum Gasteiger partial charge on any atom is 1.00 e. The van der Waals surface area contributed by atoms with E-state index in [-0.39, 0.29) is 53.2 Å². The number of hydrogen-bond acceptors (Lipinski definition) is 6. The predicted octanol–water partition coefficient (Wildman–Crippen LogP) is 1.43. The monoisotopic (exact) mass is 576 g/mol. The molecule has 40 heavy (non-hydrogen) atoms. The Labute approximate surface area is 262 Å². The van der Waals surface area contributed by atoms with E-state index in [4.69, 9.17) is 4.74 Å². The molecule has 208 valence electrons. The number of carboxylic acid groups (broad SMARTS) is 1. The zero-order valence-electron chi connectivity index (χ0n) is 23.0. The largest absolute Gasteiger partial charge is 1.00 e. The van der Waals surface area contributed by atoms with Crippen molar-refractivity contribution in [3.05, 3.63) is 102 Å². The van der Waals surface area contributed by atoms with Gasteiger partial charge >= 0.3 is 29.6 Å². The van der Waals surface area contributed by atoms with E-state index in [1.165, 1.54) is 24.3 Å². The summed E-state index contributed by atoms with van der Waals surface area (Å²) < 4.78 is 32.7. The normalized spacial score (nSPS) is 15.1. The summed E-state index contributed by atoms with van der Waals surface area (Å²) in [7, 11) is 0. The number of ether oxygens (including phenoxy) is 1. The number of piperazine rings is 1. The van der Waals surface area contributed by atoms with Crippen molar-refractivity contribution in [3.8, 4) is 0 Å². The topological polar surface area (TPSA) is 55.8 Å². The zero-order chi connectivity index (χ0) is 27.5. The molecule has 1 saturated heterocycles. The van der Waals surface area contributed by atoms with Crippen molar-refractivity contribution in [2.24, 2.45) is 0 Å². The third kappa shape index (κ3) is 10.9. The summed E-state index contributed by atoms with van der Waals surface area (Å²) in [6.07, 6.45) is 1.64. The predicted molar refractivity (Wildman–Crippen MR) is 149 cm³/mol. The summed E-state index contributed by atoms with van der Waals surface area (Å²) in [5.74, 6) is -0.975. The Balaban J connectivity index is 0.00000441. The molecule has 1 unspecified atom stereocenters. The molecule has 1 atom stereocenters. The zero-order valence-corrected chi connectivity index (χ0v) is 25.8. The number of aliphatic carboxylic acids is 1. The molecule has 0 radical (unpaired) electrons. The third-order valence-corrected chi connectivity index (χ3v) is 8.20. The van der Waals surface area contributed by atoms with Gasteiger partial charge in [-0.3, -0.25) is 4.90 Å². The molecule has 9 heteroatoms. The van der Waals surface area contributed by atoms with E-state index < -0.39 is 12.6 Å². The van der Waals surface area contributed by atoms with Crippen LogP contribution in [0.4, 0.5) is 8.78 Å². The molecule has 0 aromatic heterocycles. The molecule has 3 aromatic carbocycles. The second-order valence-electron chi connectivity index (χ2n) is 9.87. The molecule has 0 aliphatic carbocycles. The summed E-state index contributed by atoms with van der Waals surface area (Å²) in [5, 5.41) is 11.0. The number of carbonyl (C=O) groups excluding carboxylic acids is 1. The SMILES string of the molecule is O=C([O-])COC(CSc1ccccc1)CN1CCN(CCCC(c2ccc(F)cc2)c2ccc(F)cc2)CC1.[Na+]. The standard InChI is InChI=1S/C31H36F2N2O3S.Na/c32-26-12-8-24(9-13-26)30(25-10-14-27(33)15-11-25)7-4-16-34-17-19-35(20-18-34)21-28(38-22-31(36)37)23-39-29-5-2-1-3-6-29;/h1-3,5-6,8-15,28,30H,4,7,16-23H2,(H,36,37);/q;+1/p-1. The van der Waals surface area contributed by atoms with Gasteiger partial charge in [-0.05, 0) is 66.9 Å². The van der Waals surface area contributed by atoms with Crippen molar-refractivity contribution in [1.29, 1.82) is 0 Å². The van der Waals surface area contributed by atoms with Gasteiger partial charge in [0.15, 0.2) is 0 Å². The maximum absolute atomic E-state index is 13.5. The number of carbonyl (C=O) groups is 1. The number of rotatable bonds is 14. The van der Waals surface area contributed by atoms with Crippen molar-refractivity contribution in [3.63, 3.8) is 0 Å². The minimum Gasteiger partial charge on any atom is -0.548 e. The van der Waals surface area contributed by atoms with Crippen molar-refractivity contribution in [2.75, 3.05) is 51.6 Å². The van der Waals surface area contributed by atoms with Gasteiger partial charge in [-0.25, -0.2) is 8.78 Å². The van der Waals surface area contributed by atoms with Crippen LogP contribution < -0.4 is 34.7 Å².